The van der Waals surface area contributed by atoms with Crippen LogP contribution in [-0.4, -0.2) is 17.9 Å². The number of nitrogens with one attached hydrogen (secondary N) is 1. The molecule has 0 aromatic carbocycles. The lowest BCUT2D eigenvalue weighted by Crippen LogP contribution is -2.30. The molecule has 0 bridgehead atoms. The molecule has 60 valence electrons. The molecule has 0 radical (unpaired) electrons. The Balaban J connectivity index is 2.79. The van der Waals surface area contributed by atoms with E-state index in [0.717, 1.165) is 0 Å². The Bertz CT molecular complexity index is 234. The summed E-state index contributed by atoms with van der Waals surface area (Å²) in [5, 5.41) is 5.29. The Morgan fingerprint density at radius 2 is 2.64 bits per heavy atom. The predicted octanol–water partition coefficient (Wildman–Crippen LogP) is -0.111. The van der Waals surface area contributed by atoms with Crippen molar-refractivity contribution >= 4 is 17.2 Å². The average molecular weight is 171 g/mol. The van der Waals surface area contributed by atoms with Crippen LogP contribution in [0.5, 0.6) is 0 Å². The minimum absolute atomic E-state index is 0.401. The molecule has 1 heterocycles. The highest BCUT2D eigenvalue weighted by molar-refractivity contribution is 7.09. The maximum absolute atomic E-state index is 10.8. The molecule has 0 saturated carbocycles. The van der Waals surface area contributed by atoms with Crippen LogP contribution in [0.1, 0.15) is 11.0 Å². The number of hydrogen-bond donors (Lipinski definition) is 2. The van der Waals surface area contributed by atoms with Crippen molar-refractivity contribution in [3.63, 3.8) is 0 Å². The fourth-order valence-corrected chi connectivity index (χ4v) is 1.52. The first-order valence-corrected chi connectivity index (χ1v) is 3.99. The van der Waals surface area contributed by atoms with Crippen LogP contribution in [0.15, 0.2) is 11.6 Å². The monoisotopic (exact) mass is 171 g/mol. The SMILES string of the molecule is CNC(C(N)=O)c1nccs1. The summed E-state index contributed by atoms with van der Waals surface area (Å²) < 4.78 is 0. The molecule has 0 aliphatic heterocycles. The first kappa shape index (κ1) is 8.16. The van der Waals surface area contributed by atoms with Crippen molar-refractivity contribution in [2.75, 3.05) is 7.05 Å². The number of hydrogen-bond acceptors (Lipinski definition) is 4. The van der Waals surface area contributed by atoms with Crippen molar-refractivity contribution in [3.8, 4) is 0 Å². The molecule has 1 unspecified atom stereocenters. The second-order valence-corrected chi connectivity index (χ2v) is 2.92. The zero-order valence-corrected chi connectivity index (χ0v) is 6.89. The maximum atomic E-state index is 10.8. The van der Waals surface area contributed by atoms with Gasteiger partial charge in [-0.1, -0.05) is 0 Å². The van der Waals surface area contributed by atoms with Gasteiger partial charge in [-0.3, -0.25) is 4.79 Å². The summed E-state index contributed by atoms with van der Waals surface area (Å²) in [6.07, 6.45) is 1.65. The molecule has 4 nitrogen and oxygen atoms in total. The van der Waals surface area contributed by atoms with Crippen molar-refractivity contribution in [1.29, 1.82) is 0 Å². The number of nitrogens with zero attached hydrogens (tertiary/aromatic N) is 1. The molecule has 0 aliphatic rings. The molecule has 5 heteroatoms. The number of amides is 1. The quantitative estimate of drug-likeness (QED) is 0.666. The lowest BCUT2D eigenvalue weighted by molar-refractivity contribution is -0.120. The van der Waals surface area contributed by atoms with E-state index in [1.165, 1.54) is 11.3 Å². The van der Waals surface area contributed by atoms with E-state index in [9.17, 15) is 4.79 Å². The molecule has 0 aliphatic carbocycles. The van der Waals surface area contributed by atoms with Gasteiger partial charge in [-0.2, -0.15) is 0 Å². The number of carbonyl (C=O) groups is 1. The van der Waals surface area contributed by atoms with Gasteiger partial charge in [0.05, 0.1) is 0 Å². The van der Waals surface area contributed by atoms with Crippen molar-refractivity contribution in [3.05, 3.63) is 16.6 Å². The molecule has 0 saturated heterocycles. The van der Waals surface area contributed by atoms with Crippen LogP contribution in [0.2, 0.25) is 0 Å². The van der Waals surface area contributed by atoms with Gasteiger partial charge in [0.1, 0.15) is 11.0 Å². The fraction of sp³-hybridized carbons (Fsp3) is 0.333. The van der Waals surface area contributed by atoms with Crippen LogP contribution in [0.25, 0.3) is 0 Å². The highest BCUT2D eigenvalue weighted by Gasteiger charge is 2.16. The second-order valence-electron chi connectivity index (χ2n) is 1.99. The Morgan fingerprint density at radius 1 is 1.91 bits per heavy atom. The topological polar surface area (TPSA) is 68.0 Å². The Morgan fingerprint density at radius 3 is 3.00 bits per heavy atom. The first-order chi connectivity index (χ1) is 5.25. The number of rotatable bonds is 3. The average Bonchev–Trinajstić information content (AvgIpc) is 2.40. The number of nitrogens with two attached hydrogens (primary N) is 1. The highest BCUT2D eigenvalue weighted by atomic mass is 32.1. The van der Waals surface area contributed by atoms with Crippen molar-refractivity contribution in [1.82, 2.24) is 10.3 Å². The van der Waals surface area contributed by atoms with E-state index in [-0.39, 0.29) is 0 Å². The van der Waals surface area contributed by atoms with Gasteiger partial charge in [-0.15, -0.1) is 11.3 Å². The first-order valence-electron chi connectivity index (χ1n) is 3.11. The predicted molar refractivity (Wildman–Crippen MR) is 43.1 cm³/mol. The molecule has 1 atom stereocenters. The van der Waals surface area contributed by atoms with E-state index in [1.807, 2.05) is 5.38 Å². The normalized spacial score (nSPS) is 12.8. The molecular formula is C6H9N3OS. The zero-order valence-electron chi connectivity index (χ0n) is 6.07. The van der Waals surface area contributed by atoms with Crippen LogP contribution >= 0.6 is 11.3 Å². The van der Waals surface area contributed by atoms with Gasteiger partial charge in [0, 0.05) is 11.6 Å². The van der Waals surface area contributed by atoms with E-state index < -0.39 is 11.9 Å². The summed E-state index contributed by atoms with van der Waals surface area (Å²) in [4.78, 5) is 14.7. The molecule has 3 N–H and O–H groups in total. The molecule has 1 aromatic heterocycles. The lowest BCUT2D eigenvalue weighted by atomic mass is 10.3. The van der Waals surface area contributed by atoms with Crippen LogP contribution in [0.4, 0.5) is 0 Å². The second kappa shape index (κ2) is 3.45. The molecule has 0 fully saturated rings. The van der Waals surface area contributed by atoms with Gasteiger partial charge in [-0.05, 0) is 7.05 Å². The number of thiazole rings is 1. The number of aromatic nitrogens is 1. The summed E-state index contributed by atoms with van der Waals surface area (Å²) >= 11 is 1.41. The van der Waals surface area contributed by atoms with E-state index in [0.29, 0.717) is 5.01 Å². The number of carbonyl (C=O) groups excluding carboxylic acids is 1. The molecule has 0 spiro atoms. The molecule has 1 rings (SSSR count). The van der Waals surface area contributed by atoms with E-state index in [4.69, 9.17) is 5.73 Å². The van der Waals surface area contributed by atoms with Crippen molar-refractivity contribution < 1.29 is 4.79 Å². The Labute approximate surface area is 68.4 Å². The molecule has 1 amide bonds. The smallest absolute Gasteiger partial charge is 0.241 e. The molecule has 1 aromatic rings. The minimum Gasteiger partial charge on any atom is -0.368 e. The molecular weight excluding hydrogens is 162 g/mol. The van der Waals surface area contributed by atoms with Gasteiger partial charge in [-0.25, -0.2) is 4.98 Å². The van der Waals surface area contributed by atoms with Crippen LogP contribution in [0.3, 0.4) is 0 Å². The van der Waals surface area contributed by atoms with Crippen molar-refractivity contribution in [2.24, 2.45) is 5.73 Å². The standard InChI is InChI=1S/C6H9N3OS/c1-8-4(5(7)10)6-9-2-3-11-6/h2-4,8H,1H3,(H2,7,10). The summed E-state index contributed by atoms with van der Waals surface area (Å²) in [6.45, 7) is 0. The highest BCUT2D eigenvalue weighted by Crippen LogP contribution is 2.13. The van der Waals surface area contributed by atoms with Crippen molar-refractivity contribution in [2.45, 2.75) is 6.04 Å². The van der Waals surface area contributed by atoms with Gasteiger partial charge >= 0.3 is 0 Å². The number of likely N-dealkylation sites (N-methyl/N-ethyl adjacent to an activating group) is 1. The minimum atomic E-state index is -0.449. The van der Waals surface area contributed by atoms with Crippen LogP contribution < -0.4 is 11.1 Å². The van der Waals surface area contributed by atoms with E-state index >= 15 is 0 Å². The van der Waals surface area contributed by atoms with E-state index in [1.54, 1.807) is 13.2 Å². The fourth-order valence-electron chi connectivity index (χ4n) is 0.764. The van der Waals surface area contributed by atoms with Crippen LogP contribution in [-0.2, 0) is 4.79 Å². The third kappa shape index (κ3) is 1.75. The largest absolute Gasteiger partial charge is 0.368 e. The maximum Gasteiger partial charge on any atom is 0.241 e. The van der Waals surface area contributed by atoms with Gasteiger partial charge in [0.25, 0.3) is 0 Å². The summed E-state index contributed by atoms with van der Waals surface area (Å²) in [5.74, 6) is -0.401. The van der Waals surface area contributed by atoms with Gasteiger partial charge in [0.15, 0.2) is 0 Å². The van der Waals surface area contributed by atoms with E-state index in [2.05, 4.69) is 10.3 Å². The number of primary amides is 1. The Kier molecular flexibility index (Phi) is 2.56. The third-order valence-corrected chi connectivity index (χ3v) is 2.11. The summed E-state index contributed by atoms with van der Waals surface area (Å²) in [5.41, 5.74) is 5.10. The van der Waals surface area contributed by atoms with Crippen LogP contribution in [0, 0.1) is 0 Å². The summed E-state index contributed by atoms with van der Waals surface area (Å²) in [6, 6.07) is -0.449. The Hall–Kier alpha value is -0.940. The van der Waals surface area contributed by atoms with Gasteiger partial charge < -0.3 is 11.1 Å². The lowest BCUT2D eigenvalue weighted by Gasteiger charge is -2.07. The summed E-state index contributed by atoms with van der Waals surface area (Å²) in [7, 11) is 1.68. The van der Waals surface area contributed by atoms with Gasteiger partial charge in [0.2, 0.25) is 5.91 Å². The molecule has 11 heavy (non-hydrogen) atoms. The third-order valence-electron chi connectivity index (χ3n) is 1.27. The zero-order chi connectivity index (χ0) is 8.27.